The van der Waals surface area contributed by atoms with Gasteiger partial charge < -0.3 is 24.6 Å². The SMILES string of the molecule is CC[C@@]12CCO[C@@H](C1OP(O)(=S)OC)[C@H](n1cc(C)c(N)nc1=O)O2. The van der Waals surface area contributed by atoms with E-state index in [1.165, 1.54) is 11.7 Å². The molecule has 3 heterocycles. The Labute approximate surface area is 150 Å². The number of hydrogen-bond donors (Lipinski definition) is 2. The van der Waals surface area contributed by atoms with E-state index in [1.54, 1.807) is 13.1 Å². The topological polar surface area (TPSA) is 118 Å². The maximum atomic E-state index is 12.3. The van der Waals surface area contributed by atoms with Gasteiger partial charge in [0.25, 0.3) is 0 Å². The van der Waals surface area contributed by atoms with Gasteiger partial charge in [-0.15, -0.1) is 0 Å². The second-order valence-electron chi connectivity index (χ2n) is 6.19. The molecule has 0 aromatic carbocycles. The molecule has 0 aliphatic carbocycles. The van der Waals surface area contributed by atoms with Crippen LogP contribution in [0.3, 0.4) is 0 Å². The third kappa shape index (κ3) is 3.28. The van der Waals surface area contributed by atoms with Crippen LogP contribution in [0.2, 0.25) is 0 Å². The van der Waals surface area contributed by atoms with Gasteiger partial charge in [0, 0.05) is 25.3 Å². The van der Waals surface area contributed by atoms with E-state index in [0.717, 1.165) is 0 Å². The summed E-state index contributed by atoms with van der Waals surface area (Å²) in [6.07, 6.45) is 0.710. The number of aromatic nitrogens is 2. The van der Waals surface area contributed by atoms with E-state index in [1.807, 2.05) is 6.92 Å². The summed E-state index contributed by atoms with van der Waals surface area (Å²) in [4.78, 5) is 26.2. The van der Waals surface area contributed by atoms with Gasteiger partial charge in [0.1, 0.15) is 23.6 Å². The van der Waals surface area contributed by atoms with Crippen LogP contribution in [0, 0.1) is 6.92 Å². The van der Waals surface area contributed by atoms with Crippen molar-refractivity contribution < 1.29 is 23.4 Å². The summed E-state index contributed by atoms with van der Waals surface area (Å²) in [5.41, 5.74) is 5.08. The molecule has 9 nitrogen and oxygen atoms in total. The molecule has 1 aromatic rings. The molecule has 2 aliphatic rings. The molecule has 3 rings (SSSR count). The van der Waals surface area contributed by atoms with E-state index in [4.69, 9.17) is 36.1 Å². The molecule has 2 unspecified atom stereocenters. The predicted molar refractivity (Wildman–Crippen MR) is 93.5 cm³/mol. The van der Waals surface area contributed by atoms with Crippen LogP contribution < -0.4 is 11.4 Å². The monoisotopic (exact) mass is 391 g/mol. The predicted octanol–water partition coefficient (Wildman–Crippen LogP) is 0.849. The van der Waals surface area contributed by atoms with E-state index in [0.29, 0.717) is 25.0 Å². The van der Waals surface area contributed by atoms with Crippen LogP contribution in [0.4, 0.5) is 5.82 Å². The van der Waals surface area contributed by atoms with Crippen LogP contribution >= 0.6 is 6.72 Å². The Morgan fingerprint density at radius 3 is 3.00 bits per heavy atom. The first-order valence-electron chi connectivity index (χ1n) is 7.94. The lowest BCUT2D eigenvalue weighted by Crippen LogP contribution is -2.49. The summed E-state index contributed by atoms with van der Waals surface area (Å²) in [5, 5.41) is 0. The Balaban J connectivity index is 2.02. The van der Waals surface area contributed by atoms with Crippen molar-refractivity contribution in [2.24, 2.45) is 0 Å². The normalized spacial score (nSPS) is 34.0. The van der Waals surface area contributed by atoms with Crippen LogP contribution in [-0.2, 0) is 30.3 Å². The quantitative estimate of drug-likeness (QED) is 0.704. The van der Waals surface area contributed by atoms with Gasteiger partial charge in [-0.25, -0.2) is 4.79 Å². The summed E-state index contributed by atoms with van der Waals surface area (Å²) in [5.74, 6) is 0.173. The minimum Gasteiger partial charge on any atom is -0.383 e. The van der Waals surface area contributed by atoms with Gasteiger partial charge in [0.05, 0.1) is 6.61 Å². The number of aryl methyl sites for hydroxylation is 1. The Hall–Kier alpha value is -0.870. The van der Waals surface area contributed by atoms with Crippen molar-refractivity contribution in [1.29, 1.82) is 0 Å². The first kappa shape index (κ1) is 18.9. The lowest BCUT2D eigenvalue weighted by Gasteiger charge is -2.38. The smallest absolute Gasteiger partial charge is 0.351 e. The Kier molecular flexibility index (Phi) is 5.06. The highest BCUT2D eigenvalue weighted by Crippen LogP contribution is 2.54. The lowest BCUT2D eigenvalue weighted by molar-refractivity contribution is -0.117. The minimum atomic E-state index is -3.43. The van der Waals surface area contributed by atoms with Crippen LogP contribution in [0.1, 0.15) is 31.6 Å². The summed E-state index contributed by atoms with van der Waals surface area (Å²) in [6.45, 7) is 0.722. The molecule has 2 saturated heterocycles. The fourth-order valence-corrected chi connectivity index (χ4v) is 4.31. The van der Waals surface area contributed by atoms with E-state index in [2.05, 4.69) is 4.98 Å². The Morgan fingerprint density at radius 2 is 2.36 bits per heavy atom. The zero-order valence-electron chi connectivity index (χ0n) is 14.2. The van der Waals surface area contributed by atoms with Gasteiger partial charge in [0.2, 0.25) is 0 Å². The van der Waals surface area contributed by atoms with E-state index < -0.39 is 36.4 Å². The third-order valence-electron chi connectivity index (χ3n) is 4.81. The average molecular weight is 391 g/mol. The summed E-state index contributed by atoms with van der Waals surface area (Å²) in [7, 11) is 1.29. The zero-order chi connectivity index (χ0) is 18.4. The second-order valence-corrected chi connectivity index (χ2v) is 9.09. The fourth-order valence-electron chi connectivity index (χ4n) is 3.34. The zero-order valence-corrected chi connectivity index (χ0v) is 16.0. The Bertz CT molecular complexity index is 773. The maximum absolute atomic E-state index is 12.3. The van der Waals surface area contributed by atoms with Crippen LogP contribution in [0.15, 0.2) is 11.0 Å². The molecule has 0 saturated carbocycles. The van der Waals surface area contributed by atoms with Crippen molar-refractivity contribution in [2.45, 2.75) is 50.7 Å². The first-order chi connectivity index (χ1) is 11.7. The van der Waals surface area contributed by atoms with Crippen molar-refractivity contribution in [3.05, 3.63) is 22.2 Å². The van der Waals surface area contributed by atoms with Crippen molar-refractivity contribution in [1.82, 2.24) is 9.55 Å². The molecule has 2 aliphatic heterocycles. The summed E-state index contributed by atoms with van der Waals surface area (Å²) >= 11 is 4.99. The van der Waals surface area contributed by atoms with Crippen LogP contribution in [0.25, 0.3) is 0 Å². The van der Waals surface area contributed by atoms with E-state index in [9.17, 15) is 9.69 Å². The van der Waals surface area contributed by atoms with Gasteiger partial charge in [0.15, 0.2) is 6.23 Å². The van der Waals surface area contributed by atoms with E-state index in [-0.39, 0.29) is 5.82 Å². The molecule has 11 heteroatoms. The number of hydrogen-bond acceptors (Lipinski definition) is 8. The number of rotatable bonds is 5. The number of nitrogen functional groups attached to an aromatic ring is 1. The van der Waals surface area contributed by atoms with E-state index >= 15 is 0 Å². The Morgan fingerprint density at radius 1 is 1.64 bits per heavy atom. The maximum Gasteiger partial charge on any atom is 0.351 e. The van der Waals surface area contributed by atoms with Crippen molar-refractivity contribution in [2.75, 3.05) is 19.5 Å². The van der Waals surface area contributed by atoms with Crippen LogP contribution in [0.5, 0.6) is 0 Å². The molecule has 0 radical (unpaired) electrons. The second kappa shape index (κ2) is 6.70. The molecule has 0 amide bonds. The first-order valence-corrected chi connectivity index (χ1v) is 10.5. The molecule has 1 aromatic heterocycles. The van der Waals surface area contributed by atoms with Crippen molar-refractivity contribution in [3.8, 4) is 0 Å². The molecular weight excluding hydrogens is 369 g/mol. The molecule has 2 bridgehead atoms. The molecule has 25 heavy (non-hydrogen) atoms. The summed E-state index contributed by atoms with van der Waals surface area (Å²) in [6, 6.07) is 0. The molecule has 140 valence electrons. The van der Waals surface area contributed by atoms with Crippen molar-refractivity contribution in [3.63, 3.8) is 0 Å². The highest BCUT2D eigenvalue weighted by Gasteiger charge is 2.60. The molecule has 0 spiro atoms. The minimum absolute atomic E-state index is 0.173. The van der Waals surface area contributed by atoms with Gasteiger partial charge >= 0.3 is 12.4 Å². The number of fused-ring (bicyclic) bond motifs is 2. The molecule has 3 N–H and O–H groups in total. The van der Waals surface area contributed by atoms with Gasteiger partial charge in [-0.3, -0.25) is 9.09 Å². The van der Waals surface area contributed by atoms with Crippen LogP contribution in [-0.4, -0.2) is 46.0 Å². The number of nitrogens with two attached hydrogens (primary N) is 1. The highest BCUT2D eigenvalue weighted by molar-refractivity contribution is 8.07. The largest absolute Gasteiger partial charge is 0.383 e. The van der Waals surface area contributed by atoms with Gasteiger partial charge in [-0.2, -0.15) is 4.98 Å². The summed E-state index contributed by atoms with van der Waals surface area (Å²) < 4.78 is 24.0. The molecule has 5 atom stereocenters. The van der Waals surface area contributed by atoms with Crippen molar-refractivity contribution >= 4 is 24.3 Å². The molecule has 2 fully saturated rings. The molecular formula is C14H22N3O6PS. The van der Waals surface area contributed by atoms with Gasteiger partial charge in [-0.05, 0) is 25.2 Å². The third-order valence-corrected chi connectivity index (χ3v) is 6.47. The fraction of sp³-hybridized carbons (Fsp3) is 0.714. The van der Waals surface area contributed by atoms with Gasteiger partial charge in [-0.1, -0.05) is 6.92 Å². The standard InChI is InChI=1S/C14H22N3O6PS/c1-4-14-5-6-21-9(10(14)23-24(19,25)20-3)12(22-14)17-7-8(2)11(15)16-13(17)18/h7,9-10,12H,4-6H2,1-3H3,(H,19,25)(H2,15,16,18)/t9-,10?,12+,14+,24?/m0/s1. The number of ether oxygens (including phenoxy) is 2. The lowest BCUT2D eigenvalue weighted by atomic mass is 9.87. The average Bonchev–Trinajstić information content (AvgIpc) is 2.73. The highest BCUT2D eigenvalue weighted by atomic mass is 32.5. The number of anilines is 1. The number of nitrogens with zero attached hydrogens (tertiary/aromatic N) is 2.